The van der Waals surface area contributed by atoms with Crippen LogP contribution < -0.4 is 5.32 Å². The lowest BCUT2D eigenvalue weighted by Gasteiger charge is -2.40. The van der Waals surface area contributed by atoms with Crippen LogP contribution in [0.2, 0.25) is 0 Å². The van der Waals surface area contributed by atoms with Crippen LogP contribution in [-0.4, -0.2) is 52.6 Å². The van der Waals surface area contributed by atoms with Gasteiger partial charge in [-0.2, -0.15) is 11.8 Å². The van der Waals surface area contributed by atoms with Gasteiger partial charge in [0, 0.05) is 24.4 Å². The summed E-state index contributed by atoms with van der Waals surface area (Å²) in [6, 6.07) is -0.109. The van der Waals surface area contributed by atoms with Crippen LogP contribution in [0.4, 0.5) is 4.79 Å². The Morgan fingerprint density at radius 1 is 1.35 bits per heavy atom. The Morgan fingerprint density at radius 2 is 2.05 bits per heavy atom. The fourth-order valence-corrected chi connectivity index (χ4v) is 3.95. The smallest absolute Gasteiger partial charge is 0.317 e. The lowest BCUT2D eigenvalue weighted by atomic mass is 9.84. The molecular weight excluding hydrogens is 276 g/mol. The predicted octanol–water partition coefficient (Wildman–Crippen LogP) is 2.17. The van der Waals surface area contributed by atoms with Crippen LogP contribution in [0.25, 0.3) is 0 Å². The van der Waals surface area contributed by atoms with E-state index in [1.54, 1.807) is 4.90 Å². The molecule has 1 aliphatic carbocycles. The number of amides is 2. The van der Waals surface area contributed by atoms with E-state index in [4.69, 9.17) is 0 Å². The van der Waals surface area contributed by atoms with Crippen LogP contribution in [0.5, 0.6) is 0 Å². The molecule has 1 saturated heterocycles. The molecule has 20 heavy (non-hydrogen) atoms. The molecule has 2 amide bonds. The number of thioether (sulfide) groups is 1. The highest BCUT2D eigenvalue weighted by Gasteiger charge is 2.45. The van der Waals surface area contributed by atoms with Gasteiger partial charge in [-0.3, -0.25) is 4.79 Å². The maximum absolute atomic E-state index is 12.2. The number of nitrogens with zero attached hydrogens (tertiary/aromatic N) is 1. The van der Waals surface area contributed by atoms with Crippen molar-refractivity contribution >= 4 is 23.8 Å². The van der Waals surface area contributed by atoms with Crippen molar-refractivity contribution in [3.63, 3.8) is 0 Å². The first-order valence-corrected chi connectivity index (χ1v) is 8.51. The number of hydrogen-bond acceptors (Lipinski definition) is 3. The van der Waals surface area contributed by atoms with Gasteiger partial charge in [0.05, 0.1) is 5.41 Å². The molecule has 2 fully saturated rings. The van der Waals surface area contributed by atoms with Crippen molar-refractivity contribution in [1.29, 1.82) is 0 Å². The lowest BCUT2D eigenvalue weighted by Crippen LogP contribution is -2.49. The van der Waals surface area contributed by atoms with E-state index in [1.165, 1.54) is 6.42 Å². The second-order valence-electron chi connectivity index (χ2n) is 6.01. The zero-order valence-electron chi connectivity index (χ0n) is 12.3. The third-order valence-corrected chi connectivity index (χ3v) is 6.45. The van der Waals surface area contributed by atoms with Gasteiger partial charge in [-0.1, -0.05) is 13.3 Å². The normalized spacial score (nSPS) is 28.0. The summed E-state index contributed by atoms with van der Waals surface area (Å²) in [6.45, 7) is 3.44. The van der Waals surface area contributed by atoms with Gasteiger partial charge in [0.15, 0.2) is 0 Å². The van der Waals surface area contributed by atoms with Gasteiger partial charge in [-0.25, -0.2) is 4.79 Å². The molecule has 1 unspecified atom stereocenters. The number of carbonyl (C=O) groups is 2. The Bertz CT molecular complexity index is 392. The molecule has 0 bridgehead atoms. The number of urea groups is 1. The minimum atomic E-state index is -0.783. The summed E-state index contributed by atoms with van der Waals surface area (Å²) >= 11 is 1.83. The summed E-state index contributed by atoms with van der Waals surface area (Å²) < 4.78 is 0.212. The zero-order chi connectivity index (χ0) is 14.8. The van der Waals surface area contributed by atoms with Gasteiger partial charge in [-0.15, -0.1) is 0 Å². The molecule has 1 heterocycles. The molecule has 5 nitrogen and oxygen atoms in total. The van der Waals surface area contributed by atoms with E-state index in [2.05, 4.69) is 11.6 Å². The number of rotatable bonds is 5. The van der Waals surface area contributed by atoms with Crippen LogP contribution in [0.3, 0.4) is 0 Å². The highest BCUT2D eigenvalue weighted by molar-refractivity contribution is 8.00. The Balaban J connectivity index is 1.87. The van der Waals surface area contributed by atoms with Crippen LogP contribution in [0.1, 0.15) is 39.0 Å². The van der Waals surface area contributed by atoms with Gasteiger partial charge in [-0.05, 0) is 31.9 Å². The number of hydrogen-bond donors (Lipinski definition) is 2. The number of likely N-dealkylation sites (tertiary alicyclic amines) is 1. The molecule has 1 atom stereocenters. The standard InChI is InChI=1S/C14H24N2O3S/c1-3-13(11(17)18)7-8-16(10-13)12(19)15-9-14(20-2)5-4-6-14/h3-10H2,1-2H3,(H,15,19)(H,17,18). The summed E-state index contributed by atoms with van der Waals surface area (Å²) in [7, 11) is 0. The minimum absolute atomic E-state index is 0.109. The Hall–Kier alpha value is -0.910. The maximum atomic E-state index is 12.2. The molecule has 0 aromatic heterocycles. The average molecular weight is 300 g/mol. The molecule has 2 N–H and O–H groups in total. The van der Waals surface area contributed by atoms with E-state index < -0.39 is 11.4 Å². The lowest BCUT2D eigenvalue weighted by molar-refractivity contribution is -0.148. The summed E-state index contributed by atoms with van der Waals surface area (Å²) in [5, 5.41) is 12.3. The second kappa shape index (κ2) is 5.84. The molecule has 2 rings (SSSR count). The van der Waals surface area contributed by atoms with Crippen LogP contribution in [-0.2, 0) is 4.79 Å². The Labute approximate surface area is 124 Å². The van der Waals surface area contributed by atoms with Crippen molar-refractivity contribution < 1.29 is 14.7 Å². The van der Waals surface area contributed by atoms with E-state index in [-0.39, 0.29) is 10.8 Å². The second-order valence-corrected chi connectivity index (χ2v) is 7.28. The molecule has 0 aromatic carbocycles. The first kappa shape index (κ1) is 15.5. The molecule has 1 aliphatic heterocycles. The Kier molecular flexibility index (Phi) is 4.52. The number of nitrogens with one attached hydrogen (secondary N) is 1. The van der Waals surface area contributed by atoms with Gasteiger partial charge >= 0.3 is 12.0 Å². The monoisotopic (exact) mass is 300 g/mol. The predicted molar refractivity (Wildman–Crippen MR) is 80.0 cm³/mol. The molecule has 1 saturated carbocycles. The molecule has 0 spiro atoms. The topological polar surface area (TPSA) is 69.6 Å². The molecule has 2 aliphatic rings. The Morgan fingerprint density at radius 3 is 2.45 bits per heavy atom. The summed E-state index contributed by atoms with van der Waals surface area (Å²) in [5.41, 5.74) is -0.745. The average Bonchev–Trinajstić information content (AvgIpc) is 2.83. The number of carboxylic acids is 1. The fourth-order valence-electron chi connectivity index (χ4n) is 3.03. The van der Waals surface area contributed by atoms with Crippen molar-refractivity contribution in [2.45, 2.75) is 43.8 Å². The third-order valence-electron chi connectivity index (χ3n) is 5.03. The van der Waals surface area contributed by atoms with E-state index in [9.17, 15) is 14.7 Å². The van der Waals surface area contributed by atoms with Crippen molar-refractivity contribution in [1.82, 2.24) is 10.2 Å². The maximum Gasteiger partial charge on any atom is 0.317 e. The van der Waals surface area contributed by atoms with Crippen LogP contribution in [0, 0.1) is 5.41 Å². The van der Waals surface area contributed by atoms with Gasteiger partial charge in [0.2, 0.25) is 0 Å². The summed E-state index contributed by atoms with van der Waals surface area (Å²) in [5.74, 6) is -0.783. The number of aliphatic carboxylic acids is 1. The summed E-state index contributed by atoms with van der Waals surface area (Å²) in [6.07, 6.45) is 6.76. The highest BCUT2D eigenvalue weighted by atomic mass is 32.2. The molecule has 0 radical (unpaired) electrons. The molecule has 6 heteroatoms. The SMILES string of the molecule is CCC1(C(=O)O)CCN(C(=O)NCC2(SC)CCC2)C1. The molecule has 0 aromatic rings. The van der Waals surface area contributed by atoms with Crippen molar-refractivity contribution in [2.75, 3.05) is 25.9 Å². The van der Waals surface area contributed by atoms with E-state index in [0.29, 0.717) is 32.5 Å². The van der Waals surface area contributed by atoms with Crippen molar-refractivity contribution in [2.24, 2.45) is 5.41 Å². The first-order valence-electron chi connectivity index (χ1n) is 7.28. The van der Waals surface area contributed by atoms with Gasteiger partial charge < -0.3 is 15.3 Å². The van der Waals surface area contributed by atoms with Gasteiger partial charge in [0.1, 0.15) is 0 Å². The van der Waals surface area contributed by atoms with E-state index in [0.717, 1.165) is 12.8 Å². The first-order chi connectivity index (χ1) is 9.47. The number of carboxylic acid groups (broad SMARTS) is 1. The minimum Gasteiger partial charge on any atom is -0.481 e. The van der Waals surface area contributed by atoms with Crippen molar-refractivity contribution in [3.8, 4) is 0 Å². The summed E-state index contributed by atoms with van der Waals surface area (Å²) in [4.78, 5) is 25.2. The van der Waals surface area contributed by atoms with Gasteiger partial charge in [0.25, 0.3) is 0 Å². The fraction of sp³-hybridized carbons (Fsp3) is 0.857. The van der Waals surface area contributed by atoms with Crippen LogP contribution >= 0.6 is 11.8 Å². The highest BCUT2D eigenvalue weighted by Crippen LogP contribution is 2.42. The largest absolute Gasteiger partial charge is 0.481 e. The third kappa shape index (κ3) is 2.75. The number of carbonyl (C=O) groups excluding carboxylic acids is 1. The molecular formula is C14H24N2O3S. The van der Waals surface area contributed by atoms with Crippen LogP contribution in [0.15, 0.2) is 0 Å². The van der Waals surface area contributed by atoms with Crippen molar-refractivity contribution in [3.05, 3.63) is 0 Å². The molecule has 114 valence electrons. The quantitative estimate of drug-likeness (QED) is 0.816. The van der Waals surface area contributed by atoms with E-state index >= 15 is 0 Å². The zero-order valence-corrected chi connectivity index (χ0v) is 13.1. The van der Waals surface area contributed by atoms with E-state index in [1.807, 2.05) is 18.7 Å².